The SMILES string of the molecule is CCCCc1cc2c(c([Si](C)(C)C)c1)-c1ccccc1N(C(C)=O)C2. The summed E-state index contributed by atoms with van der Waals surface area (Å²) >= 11 is 0. The lowest BCUT2D eigenvalue weighted by Crippen LogP contribution is -2.42. The first kappa shape index (κ1) is 17.9. The molecule has 0 spiro atoms. The fraction of sp³-hybridized carbons (Fsp3) is 0.409. The van der Waals surface area contributed by atoms with Gasteiger partial charge in [-0.3, -0.25) is 4.79 Å². The summed E-state index contributed by atoms with van der Waals surface area (Å²) in [4.78, 5) is 14.2. The second kappa shape index (κ2) is 6.79. The highest BCUT2D eigenvalue weighted by Gasteiger charge is 2.30. The number of fused-ring (bicyclic) bond motifs is 3. The number of hydrogen-bond acceptors (Lipinski definition) is 1. The van der Waals surface area contributed by atoms with Crippen LogP contribution in [0.15, 0.2) is 36.4 Å². The van der Waals surface area contributed by atoms with E-state index in [2.05, 4.69) is 56.9 Å². The Morgan fingerprint density at radius 1 is 1.16 bits per heavy atom. The van der Waals surface area contributed by atoms with Crippen LogP contribution in [0.4, 0.5) is 5.69 Å². The van der Waals surface area contributed by atoms with Gasteiger partial charge >= 0.3 is 0 Å². The van der Waals surface area contributed by atoms with Gasteiger partial charge in [0.05, 0.1) is 20.3 Å². The molecule has 0 radical (unpaired) electrons. The van der Waals surface area contributed by atoms with Crippen molar-refractivity contribution in [3.05, 3.63) is 47.5 Å². The predicted octanol–water partition coefficient (Wildman–Crippen LogP) is 5.11. The third-order valence-corrected chi connectivity index (χ3v) is 7.09. The summed E-state index contributed by atoms with van der Waals surface area (Å²) in [5, 5.41) is 1.53. The summed E-state index contributed by atoms with van der Waals surface area (Å²) in [5.74, 6) is 0.117. The van der Waals surface area contributed by atoms with Crippen molar-refractivity contribution in [1.29, 1.82) is 0 Å². The molecule has 2 aromatic rings. The van der Waals surface area contributed by atoms with Crippen molar-refractivity contribution >= 4 is 24.9 Å². The molecule has 1 amide bonds. The third-order valence-electron chi connectivity index (χ3n) is 5.08. The van der Waals surface area contributed by atoms with Crippen molar-refractivity contribution in [1.82, 2.24) is 0 Å². The van der Waals surface area contributed by atoms with Gasteiger partial charge in [0.25, 0.3) is 0 Å². The van der Waals surface area contributed by atoms with Crippen molar-refractivity contribution in [3.8, 4) is 11.1 Å². The molecule has 0 aliphatic carbocycles. The van der Waals surface area contributed by atoms with E-state index in [1.807, 2.05) is 11.0 Å². The van der Waals surface area contributed by atoms with E-state index >= 15 is 0 Å². The van der Waals surface area contributed by atoms with E-state index < -0.39 is 8.07 Å². The molecule has 0 saturated heterocycles. The molecule has 0 atom stereocenters. The van der Waals surface area contributed by atoms with Gasteiger partial charge in [0.1, 0.15) is 0 Å². The zero-order valence-corrected chi connectivity index (χ0v) is 17.1. The van der Waals surface area contributed by atoms with E-state index in [0.29, 0.717) is 6.54 Å². The number of aryl methyl sites for hydroxylation is 1. The molecule has 1 aliphatic heterocycles. The number of nitrogens with zero attached hydrogens (tertiary/aromatic N) is 1. The summed E-state index contributed by atoms with van der Waals surface area (Å²) in [5.41, 5.74) is 6.43. The van der Waals surface area contributed by atoms with Crippen LogP contribution < -0.4 is 10.1 Å². The number of carbonyl (C=O) groups is 1. The van der Waals surface area contributed by atoms with Gasteiger partial charge in [0.15, 0.2) is 0 Å². The minimum Gasteiger partial charge on any atom is -0.308 e. The monoisotopic (exact) mass is 351 g/mol. The highest BCUT2D eigenvalue weighted by atomic mass is 28.3. The van der Waals surface area contributed by atoms with Crippen LogP contribution in [0.2, 0.25) is 19.6 Å². The van der Waals surface area contributed by atoms with E-state index in [4.69, 9.17) is 0 Å². The van der Waals surface area contributed by atoms with Crippen LogP contribution in [-0.2, 0) is 17.8 Å². The van der Waals surface area contributed by atoms with Gasteiger partial charge in [0.2, 0.25) is 5.91 Å². The Morgan fingerprint density at radius 2 is 1.88 bits per heavy atom. The van der Waals surface area contributed by atoms with Gasteiger partial charge in [0, 0.05) is 12.5 Å². The summed E-state index contributed by atoms with van der Waals surface area (Å²) in [7, 11) is -1.50. The number of para-hydroxylation sites is 1. The first-order valence-electron chi connectivity index (χ1n) is 9.36. The van der Waals surface area contributed by atoms with Crippen molar-refractivity contribution < 1.29 is 4.79 Å². The number of rotatable bonds is 4. The molecule has 0 N–H and O–H groups in total. The van der Waals surface area contributed by atoms with E-state index in [9.17, 15) is 4.79 Å². The maximum atomic E-state index is 12.2. The lowest BCUT2D eigenvalue weighted by molar-refractivity contribution is -0.116. The molecule has 2 nitrogen and oxygen atoms in total. The van der Waals surface area contributed by atoms with Gasteiger partial charge in [-0.1, -0.05) is 68.5 Å². The van der Waals surface area contributed by atoms with Crippen molar-refractivity contribution in [2.45, 2.75) is 59.3 Å². The van der Waals surface area contributed by atoms with Gasteiger partial charge in [-0.15, -0.1) is 0 Å². The van der Waals surface area contributed by atoms with Gasteiger partial charge in [-0.25, -0.2) is 0 Å². The number of benzene rings is 2. The number of unbranched alkanes of at least 4 members (excludes halogenated alkanes) is 1. The van der Waals surface area contributed by atoms with Crippen LogP contribution in [0, 0.1) is 0 Å². The summed E-state index contributed by atoms with van der Waals surface area (Å²) in [6.45, 7) is 11.9. The topological polar surface area (TPSA) is 20.3 Å². The molecule has 1 aliphatic rings. The number of carbonyl (C=O) groups excluding carboxylic acids is 1. The minimum absolute atomic E-state index is 0.117. The van der Waals surface area contributed by atoms with Crippen LogP contribution in [0.1, 0.15) is 37.8 Å². The Labute approximate surface area is 152 Å². The van der Waals surface area contributed by atoms with Gasteiger partial charge in [-0.05, 0) is 35.6 Å². The molecule has 0 unspecified atom stereocenters. The molecule has 132 valence electrons. The molecule has 1 heterocycles. The standard InChI is InChI=1S/C22H29NOSi/c1-6-7-10-17-13-18-15-23(16(2)24)20-12-9-8-11-19(20)22(18)21(14-17)25(3,4)5/h8-9,11-14H,6-7,10,15H2,1-5H3. The van der Waals surface area contributed by atoms with Crippen molar-refractivity contribution in [2.24, 2.45) is 0 Å². The lowest BCUT2D eigenvalue weighted by atomic mass is 9.90. The highest BCUT2D eigenvalue weighted by molar-refractivity contribution is 6.89. The van der Waals surface area contributed by atoms with Crippen LogP contribution in [0.25, 0.3) is 11.1 Å². The smallest absolute Gasteiger partial charge is 0.224 e. The fourth-order valence-electron chi connectivity index (χ4n) is 3.78. The molecule has 3 heteroatoms. The van der Waals surface area contributed by atoms with E-state index in [-0.39, 0.29) is 5.91 Å². The zero-order valence-electron chi connectivity index (χ0n) is 16.1. The molecular weight excluding hydrogens is 322 g/mol. The quantitative estimate of drug-likeness (QED) is 0.701. The Kier molecular flexibility index (Phi) is 4.87. The molecular formula is C22H29NOSi. The van der Waals surface area contributed by atoms with Crippen LogP contribution in [0.3, 0.4) is 0 Å². The molecule has 2 aromatic carbocycles. The second-order valence-electron chi connectivity index (χ2n) is 8.15. The fourth-order valence-corrected chi connectivity index (χ4v) is 5.45. The molecule has 3 rings (SSSR count). The van der Waals surface area contributed by atoms with E-state index in [1.165, 1.54) is 40.3 Å². The zero-order chi connectivity index (χ0) is 18.2. The summed E-state index contributed by atoms with van der Waals surface area (Å²) in [6.07, 6.45) is 3.56. The normalized spacial score (nSPS) is 13.4. The first-order chi connectivity index (χ1) is 11.8. The Bertz CT molecular complexity index is 804. The second-order valence-corrected chi connectivity index (χ2v) is 13.2. The Hall–Kier alpha value is -1.87. The van der Waals surface area contributed by atoms with Crippen LogP contribution in [-0.4, -0.2) is 14.0 Å². The van der Waals surface area contributed by atoms with Crippen LogP contribution in [0.5, 0.6) is 0 Å². The number of hydrogen-bond donors (Lipinski definition) is 0. The number of amides is 1. The Balaban J connectivity index is 2.25. The van der Waals surface area contributed by atoms with E-state index in [1.54, 1.807) is 6.92 Å². The third kappa shape index (κ3) is 3.43. The predicted molar refractivity (Wildman–Crippen MR) is 110 cm³/mol. The number of anilines is 1. The minimum atomic E-state index is -1.50. The van der Waals surface area contributed by atoms with Crippen molar-refractivity contribution in [3.63, 3.8) is 0 Å². The average molecular weight is 352 g/mol. The first-order valence-corrected chi connectivity index (χ1v) is 12.9. The molecule has 25 heavy (non-hydrogen) atoms. The highest BCUT2D eigenvalue weighted by Crippen LogP contribution is 2.39. The van der Waals surface area contributed by atoms with Crippen molar-refractivity contribution in [2.75, 3.05) is 4.90 Å². The van der Waals surface area contributed by atoms with Gasteiger partial charge in [-0.2, -0.15) is 0 Å². The summed E-state index contributed by atoms with van der Waals surface area (Å²) < 4.78 is 0. The van der Waals surface area contributed by atoms with E-state index in [0.717, 1.165) is 12.1 Å². The molecule has 0 bridgehead atoms. The molecule has 0 aromatic heterocycles. The Morgan fingerprint density at radius 3 is 2.52 bits per heavy atom. The maximum absolute atomic E-state index is 12.2. The van der Waals surface area contributed by atoms with Crippen LogP contribution >= 0.6 is 0 Å². The maximum Gasteiger partial charge on any atom is 0.224 e. The van der Waals surface area contributed by atoms with Gasteiger partial charge < -0.3 is 4.90 Å². The molecule has 0 fully saturated rings. The summed E-state index contributed by atoms with van der Waals surface area (Å²) in [6, 6.07) is 13.2. The lowest BCUT2D eigenvalue weighted by Gasteiger charge is -2.34. The molecule has 0 saturated carbocycles. The average Bonchev–Trinajstić information content (AvgIpc) is 2.57. The largest absolute Gasteiger partial charge is 0.308 e.